The third kappa shape index (κ3) is 4.98. The average Bonchev–Trinajstić information content (AvgIpc) is 2.78. The summed E-state index contributed by atoms with van der Waals surface area (Å²) in [6.07, 6.45) is -0.129. The molecule has 1 rings (SSSR count). The molecule has 0 aliphatic carbocycles. The number of carbonyl (C=O) groups excluding carboxylic acids is 1. The van der Waals surface area contributed by atoms with E-state index in [4.69, 9.17) is 10.2 Å². The van der Waals surface area contributed by atoms with Gasteiger partial charge in [0.05, 0.1) is 6.54 Å². The standard InChI is InChI=1S/C9H13N3O5/c13-7(8(14)15)1-3-10-9(16)11-5-6-2-4-17-12-6/h2,4,7,13H,1,3,5H2,(H,14,15)(H2,10,11,16)/t7-/m0/s1. The molecule has 0 aliphatic rings. The Morgan fingerprint density at radius 3 is 2.82 bits per heavy atom. The molecule has 0 spiro atoms. The quantitative estimate of drug-likeness (QED) is 0.524. The second kappa shape index (κ2) is 6.48. The van der Waals surface area contributed by atoms with Gasteiger partial charge in [0.15, 0.2) is 6.10 Å². The smallest absolute Gasteiger partial charge is 0.332 e. The SMILES string of the molecule is O=C(NCC[C@H](O)C(=O)O)NCc1ccon1. The summed E-state index contributed by atoms with van der Waals surface area (Å²) in [6, 6.07) is 1.14. The highest BCUT2D eigenvalue weighted by molar-refractivity contribution is 5.74. The van der Waals surface area contributed by atoms with Crippen molar-refractivity contribution in [3.8, 4) is 0 Å². The van der Waals surface area contributed by atoms with Gasteiger partial charge in [0.2, 0.25) is 0 Å². The number of aliphatic hydroxyl groups is 1. The summed E-state index contributed by atoms with van der Waals surface area (Å²) in [4.78, 5) is 21.4. The van der Waals surface area contributed by atoms with Crippen LogP contribution in [-0.4, -0.2) is 40.0 Å². The molecular formula is C9H13N3O5. The Kier molecular flexibility index (Phi) is 4.95. The molecular weight excluding hydrogens is 230 g/mol. The fraction of sp³-hybridized carbons (Fsp3) is 0.444. The molecule has 4 N–H and O–H groups in total. The lowest BCUT2D eigenvalue weighted by molar-refractivity contribution is -0.146. The second-order valence-electron chi connectivity index (χ2n) is 3.24. The molecule has 1 atom stereocenters. The van der Waals surface area contributed by atoms with Gasteiger partial charge in [-0.2, -0.15) is 0 Å². The number of nitrogens with zero attached hydrogens (tertiary/aromatic N) is 1. The predicted octanol–water partition coefficient (Wildman–Crippen LogP) is -0.691. The summed E-state index contributed by atoms with van der Waals surface area (Å²) in [5.41, 5.74) is 0.575. The molecule has 0 saturated heterocycles. The summed E-state index contributed by atoms with van der Waals surface area (Å²) in [5, 5.41) is 25.8. The van der Waals surface area contributed by atoms with Crippen molar-refractivity contribution in [2.24, 2.45) is 0 Å². The number of carbonyl (C=O) groups is 2. The van der Waals surface area contributed by atoms with Crippen LogP contribution in [0.5, 0.6) is 0 Å². The van der Waals surface area contributed by atoms with E-state index < -0.39 is 18.1 Å². The first kappa shape index (κ1) is 13.0. The fourth-order valence-electron chi connectivity index (χ4n) is 1.01. The van der Waals surface area contributed by atoms with Crippen molar-refractivity contribution >= 4 is 12.0 Å². The van der Waals surface area contributed by atoms with Gasteiger partial charge in [-0.15, -0.1) is 0 Å². The zero-order chi connectivity index (χ0) is 12.7. The topological polar surface area (TPSA) is 125 Å². The molecule has 0 unspecified atom stereocenters. The van der Waals surface area contributed by atoms with Gasteiger partial charge in [0.1, 0.15) is 12.0 Å². The summed E-state index contributed by atoms with van der Waals surface area (Å²) >= 11 is 0. The van der Waals surface area contributed by atoms with Crippen LogP contribution in [0.4, 0.5) is 4.79 Å². The number of carboxylic acids is 1. The Morgan fingerprint density at radius 2 is 2.24 bits per heavy atom. The molecule has 94 valence electrons. The minimum Gasteiger partial charge on any atom is -0.479 e. The van der Waals surface area contributed by atoms with Gasteiger partial charge < -0.3 is 25.4 Å². The van der Waals surface area contributed by atoms with Crippen LogP contribution in [-0.2, 0) is 11.3 Å². The van der Waals surface area contributed by atoms with E-state index in [1.54, 1.807) is 6.07 Å². The highest BCUT2D eigenvalue weighted by atomic mass is 16.5. The van der Waals surface area contributed by atoms with Crippen LogP contribution in [0.1, 0.15) is 12.1 Å². The number of carboxylic acid groups (broad SMARTS) is 1. The molecule has 1 aromatic rings. The Hall–Kier alpha value is -2.09. The summed E-state index contributed by atoms with van der Waals surface area (Å²) < 4.78 is 4.57. The lowest BCUT2D eigenvalue weighted by Gasteiger charge is -2.07. The highest BCUT2D eigenvalue weighted by Gasteiger charge is 2.12. The van der Waals surface area contributed by atoms with E-state index >= 15 is 0 Å². The van der Waals surface area contributed by atoms with Gasteiger partial charge in [-0.25, -0.2) is 9.59 Å². The van der Waals surface area contributed by atoms with Crippen molar-refractivity contribution in [3.63, 3.8) is 0 Å². The van der Waals surface area contributed by atoms with E-state index in [0.717, 1.165) is 0 Å². The molecule has 17 heavy (non-hydrogen) atoms. The van der Waals surface area contributed by atoms with Crippen molar-refractivity contribution in [1.29, 1.82) is 0 Å². The van der Waals surface area contributed by atoms with Gasteiger partial charge in [0.25, 0.3) is 0 Å². The number of urea groups is 1. The first-order valence-corrected chi connectivity index (χ1v) is 4.91. The number of aliphatic carboxylic acids is 1. The molecule has 0 aromatic carbocycles. The van der Waals surface area contributed by atoms with Crippen LogP contribution in [0, 0.1) is 0 Å². The van der Waals surface area contributed by atoms with Crippen LogP contribution in [0.15, 0.2) is 16.9 Å². The molecule has 0 fully saturated rings. The number of hydrogen-bond acceptors (Lipinski definition) is 5. The maximum atomic E-state index is 11.2. The molecule has 0 aliphatic heterocycles. The largest absolute Gasteiger partial charge is 0.479 e. The van der Waals surface area contributed by atoms with Crippen LogP contribution < -0.4 is 10.6 Å². The van der Waals surface area contributed by atoms with Crippen molar-refractivity contribution in [3.05, 3.63) is 18.0 Å². The van der Waals surface area contributed by atoms with Crippen molar-refractivity contribution in [2.45, 2.75) is 19.1 Å². The van der Waals surface area contributed by atoms with E-state index in [-0.39, 0.29) is 19.5 Å². The van der Waals surface area contributed by atoms with Gasteiger partial charge >= 0.3 is 12.0 Å². The molecule has 8 heteroatoms. The molecule has 2 amide bonds. The second-order valence-corrected chi connectivity index (χ2v) is 3.24. The lowest BCUT2D eigenvalue weighted by atomic mass is 10.2. The molecule has 1 aromatic heterocycles. The maximum absolute atomic E-state index is 11.2. The Bertz CT molecular complexity index is 365. The number of aliphatic hydroxyl groups excluding tert-OH is 1. The fourth-order valence-corrected chi connectivity index (χ4v) is 1.01. The summed E-state index contributed by atoms with van der Waals surface area (Å²) in [7, 11) is 0. The zero-order valence-corrected chi connectivity index (χ0v) is 8.92. The molecule has 0 bridgehead atoms. The van der Waals surface area contributed by atoms with Gasteiger partial charge in [-0.1, -0.05) is 5.16 Å². The maximum Gasteiger partial charge on any atom is 0.332 e. The highest BCUT2D eigenvalue weighted by Crippen LogP contribution is 1.93. The Labute approximate surface area is 96.6 Å². The number of hydrogen-bond donors (Lipinski definition) is 4. The van der Waals surface area contributed by atoms with Crippen LogP contribution in [0.25, 0.3) is 0 Å². The molecule has 1 heterocycles. The Balaban J connectivity index is 2.11. The summed E-state index contributed by atoms with van der Waals surface area (Å²) in [6.45, 7) is 0.280. The lowest BCUT2D eigenvalue weighted by Crippen LogP contribution is -2.37. The molecule has 8 nitrogen and oxygen atoms in total. The number of rotatable bonds is 6. The first-order valence-electron chi connectivity index (χ1n) is 4.91. The predicted molar refractivity (Wildman–Crippen MR) is 55.0 cm³/mol. The van der Waals surface area contributed by atoms with E-state index in [9.17, 15) is 9.59 Å². The van der Waals surface area contributed by atoms with Gasteiger partial charge in [-0.3, -0.25) is 0 Å². The van der Waals surface area contributed by atoms with Crippen molar-refractivity contribution in [1.82, 2.24) is 15.8 Å². The van der Waals surface area contributed by atoms with E-state index in [2.05, 4.69) is 20.3 Å². The summed E-state index contributed by atoms with van der Waals surface area (Å²) in [5.74, 6) is -1.31. The molecule has 0 radical (unpaired) electrons. The van der Waals surface area contributed by atoms with Gasteiger partial charge in [-0.05, 0) is 0 Å². The Morgan fingerprint density at radius 1 is 1.47 bits per heavy atom. The van der Waals surface area contributed by atoms with Crippen LogP contribution in [0.2, 0.25) is 0 Å². The number of amides is 2. The minimum atomic E-state index is -1.47. The van der Waals surface area contributed by atoms with Crippen molar-refractivity contribution < 1.29 is 24.3 Å². The normalized spacial score (nSPS) is 11.8. The van der Waals surface area contributed by atoms with Crippen molar-refractivity contribution in [2.75, 3.05) is 6.54 Å². The van der Waals surface area contributed by atoms with E-state index in [0.29, 0.717) is 5.69 Å². The number of nitrogens with one attached hydrogen (secondary N) is 2. The van der Waals surface area contributed by atoms with E-state index in [1.807, 2.05) is 0 Å². The first-order chi connectivity index (χ1) is 8.09. The monoisotopic (exact) mass is 243 g/mol. The third-order valence-electron chi connectivity index (χ3n) is 1.91. The minimum absolute atomic E-state index is 0.0489. The van der Waals surface area contributed by atoms with Crippen LogP contribution in [0.3, 0.4) is 0 Å². The van der Waals surface area contributed by atoms with Gasteiger partial charge in [0, 0.05) is 19.0 Å². The zero-order valence-electron chi connectivity index (χ0n) is 8.92. The van der Waals surface area contributed by atoms with E-state index in [1.165, 1.54) is 6.26 Å². The number of aromatic nitrogens is 1. The molecule has 0 saturated carbocycles. The average molecular weight is 243 g/mol. The third-order valence-corrected chi connectivity index (χ3v) is 1.91. The van der Waals surface area contributed by atoms with Crippen LogP contribution >= 0.6 is 0 Å².